The van der Waals surface area contributed by atoms with E-state index in [1.165, 1.54) is 22.3 Å². The van der Waals surface area contributed by atoms with E-state index in [-0.39, 0.29) is 5.41 Å². The SMILES string of the molecule is Cc1cc(C(C)(C)C)cc(C)c1C1CC1N. The number of nitrogens with two attached hydrogens (primary N) is 1. The largest absolute Gasteiger partial charge is 0.327 e. The molecule has 0 radical (unpaired) electrons. The van der Waals surface area contributed by atoms with Crippen LogP contribution in [0.5, 0.6) is 0 Å². The first-order valence-corrected chi connectivity index (χ1v) is 6.18. The van der Waals surface area contributed by atoms with Crippen molar-refractivity contribution in [1.29, 1.82) is 0 Å². The molecule has 1 aliphatic rings. The lowest BCUT2D eigenvalue weighted by molar-refractivity contribution is 0.588. The average Bonchev–Trinajstić information content (AvgIpc) is 2.79. The Kier molecular flexibility index (Phi) is 2.62. The fourth-order valence-corrected chi connectivity index (χ4v) is 2.54. The number of aryl methyl sites for hydroxylation is 2. The van der Waals surface area contributed by atoms with E-state index in [1.54, 1.807) is 0 Å². The molecular formula is C15H23N. The molecule has 0 spiro atoms. The molecule has 88 valence electrons. The first-order chi connectivity index (χ1) is 7.30. The molecule has 2 rings (SSSR count). The maximum Gasteiger partial charge on any atom is 0.0115 e. The van der Waals surface area contributed by atoms with Crippen molar-refractivity contribution >= 4 is 0 Å². The molecule has 0 bridgehead atoms. The zero-order valence-corrected chi connectivity index (χ0v) is 11.1. The van der Waals surface area contributed by atoms with Crippen molar-refractivity contribution in [3.63, 3.8) is 0 Å². The second kappa shape index (κ2) is 3.59. The molecule has 2 atom stereocenters. The molecule has 1 aliphatic carbocycles. The summed E-state index contributed by atoms with van der Waals surface area (Å²) in [5, 5.41) is 0. The van der Waals surface area contributed by atoms with Crippen LogP contribution in [0.15, 0.2) is 12.1 Å². The van der Waals surface area contributed by atoms with Crippen molar-refractivity contribution in [2.24, 2.45) is 5.73 Å². The van der Waals surface area contributed by atoms with Crippen molar-refractivity contribution < 1.29 is 0 Å². The van der Waals surface area contributed by atoms with Crippen molar-refractivity contribution in [2.45, 2.75) is 58.4 Å². The molecule has 0 aromatic heterocycles. The molecule has 0 aliphatic heterocycles. The van der Waals surface area contributed by atoms with Crippen molar-refractivity contribution in [3.8, 4) is 0 Å². The second-order valence-corrected chi connectivity index (χ2v) is 6.28. The third-order valence-corrected chi connectivity index (χ3v) is 3.67. The highest BCUT2D eigenvalue weighted by Crippen LogP contribution is 2.43. The molecule has 16 heavy (non-hydrogen) atoms. The van der Waals surface area contributed by atoms with Gasteiger partial charge in [-0.2, -0.15) is 0 Å². The summed E-state index contributed by atoms with van der Waals surface area (Å²) in [4.78, 5) is 0. The van der Waals surface area contributed by atoms with Gasteiger partial charge in [-0.3, -0.25) is 0 Å². The Morgan fingerprint density at radius 3 is 1.88 bits per heavy atom. The van der Waals surface area contributed by atoms with Crippen LogP contribution in [0.25, 0.3) is 0 Å². The molecule has 1 saturated carbocycles. The molecule has 1 aromatic carbocycles. The van der Waals surface area contributed by atoms with Crippen LogP contribution in [0.4, 0.5) is 0 Å². The predicted molar refractivity (Wildman–Crippen MR) is 69.9 cm³/mol. The van der Waals surface area contributed by atoms with E-state index in [0.29, 0.717) is 12.0 Å². The van der Waals surface area contributed by atoms with Gasteiger partial charge in [0.2, 0.25) is 0 Å². The van der Waals surface area contributed by atoms with Crippen molar-refractivity contribution in [1.82, 2.24) is 0 Å². The summed E-state index contributed by atoms with van der Waals surface area (Å²) in [6.07, 6.45) is 1.16. The van der Waals surface area contributed by atoms with Crippen LogP contribution in [0.1, 0.15) is 55.4 Å². The van der Waals surface area contributed by atoms with Crippen LogP contribution in [0.3, 0.4) is 0 Å². The first kappa shape index (κ1) is 11.7. The van der Waals surface area contributed by atoms with E-state index in [4.69, 9.17) is 5.73 Å². The fourth-order valence-electron chi connectivity index (χ4n) is 2.54. The Hall–Kier alpha value is -0.820. The lowest BCUT2D eigenvalue weighted by atomic mass is 9.83. The van der Waals surface area contributed by atoms with Gasteiger partial charge in [-0.05, 0) is 47.9 Å². The number of hydrogen-bond acceptors (Lipinski definition) is 1. The third-order valence-electron chi connectivity index (χ3n) is 3.67. The molecule has 1 heteroatoms. The Bertz CT molecular complexity index is 389. The fraction of sp³-hybridized carbons (Fsp3) is 0.600. The lowest BCUT2D eigenvalue weighted by Crippen LogP contribution is -2.13. The number of benzene rings is 1. The summed E-state index contributed by atoms with van der Waals surface area (Å²) < 4.78 is 0. The molecular weight excluding hydrogens is 194 g/mol. The summed E-state index contributed by atoms with van der Waals surface area (Å²) in [7, 11) is 0. The van der Waals surface area contributed by atoms with Gasteiger partial charge in [-0.15, -0.1) is 0 Å². The predicted octanol–water partition coefficient (Wildman–Crippen LogP) is 3.42. The zero-order chi connectivity index (χ0) is 12.1. The molecule has 1 nitrogen and oxygen atoms in total. The smallest absolute Gasteiger partial charge is 0.0115 e. The van der Waals surface area contributed by atoms with Gasteiger partial charge in [0.15, 0.2) is 0 Å². The zero-order valence-electron chi connectivity index (χ0n) is 11.1. The summed E-state index contributed by atoms with van der Waals surface area (Å²) in [6, 6.07) is 5.08. The van der Waals surface area contributed by atoms with Gasteiger partial charge in [0.25, 0.3) is 0 Å². The van der Waals surface area contributed by atoms with E-state index >= 15 is 0 Å². The minimum absolute atomic E-state index is 0.236. The Morgan fingerprint density at radius 2 is 1.56 bits per heavy atom. The molecule has 2 N–H and O–H groups in total. The van der Waals surface area contributed by atoms with Gasteiger partial charge in [-0.1, -0.05) is 32.9 Å². The van der Waals surface area contributed by atoms with Crippen LogP contribution in [-0.2, 0) is 5.41 Å². The van der Waals surface area contributed by atoms with Crippen LogP contribution < -0.4 is 5.73 Å². The minimum atomic E-state index is 0.236. The lowest BCUT2D eigenvalue weighted by Gasteiger charge is -2.22. The van der Waals surface area contributed by atoms with Gasteiger partial charge < -0.3 is 5.73 Å². The summed E-state index contributed by atoms with van der Waals surface area (Å²) in [6.45, 7) is 11.3. The van der Waals surface area contributed by atoms with Crippen LogP contribution in [0.2, 0.25) is 0 Å². The van der Waals surface area contributed by atoms with E-state index in [2.05, 4.69) is 46.8 Å². The van der Waals surface area contributed by atoms with Crippen LogP contribution >= 0.6 is 0 Å². The highest BCUT2D eigenvalue weighted by atomic mass is 14.7. The molecule has 2 unspecified atom stereocenters. The molecule has 0 heterocycles. The third kappa shape index (κ3) is 2.01. The highest BCUT2D eigenvalue weighted by molar-refractivity contribution is 5.45. The van der Waals surface area contributed by atoms with Gasteiger partial charge in [0, 0.05) is 12.0 Å². The quantitative estimate of drug-likeness (QED) is 0.766. The van der Waals surface area contributed by atoms with E-state index < -0.39 is 0 Å². The molecule has 1 fully saturated rings. The number of hydrogen-bond donors (Lipinski definition) is 1. The summed E-state index contributed by atoms with van der Waals surface area (Å²) in [5.41, 5.74) is 12.0. The van der Waals surface area contributed by atoms with Gasteiger partial charge in [-0.25, -0.2) is 0 Å². The molecule has 0 saturated heterocycles. The Balaban J connectivity index is 2.44. The summed E-state index contributed by atoms with van der Waals surface area (Å²) >= 11 is 0. The van der Waals surface area contributed by atoms with E-state index in [0.717, 1.165) is 6.42 Å². The van der Waals surface area contributed by atoms with E-state index in [9.17, 15) is 0 Å². The average molecular weight is 217 g/mol. The van der Waals surface area contributed by atoms with Gasteiger partial charge in [0.1, 0.15) is 0 Å². The maximum atomic E-state index is 5.96. The highest BCUT2D eigenvalue weighted by Gasteiger charge is 2.37. The Morgan fingerprint density at radius 1 is 1.12 bits per heavy atom. The normalized spacial score (nSPS) is 24.6. The monoisotopic (exact) mass is 217 g/mol. The first-order valence-electron chi connectivity index (χ1n) is 6.18. The van der Waals surface area contributed by atoms with E-state index in [1.807, 2.05) is 0 Å². The van der Waals surface area contributed by atoms with Crippen LogP contribution in [-0.4, -0.2) is 6.04 Å². The van der Waals surface area contributed by atoms with Crippen LogP contribution in [0, 0.1) is 13.8 Å². The van der Waals surface area contributed by atoms with Crippen molar-refractivity contribution in [3.05, 3.63) is 34.4 Å². The Labute approximate surface area is 99.0 Å². The number of rotatable bonds is 1. The minimum Gasteiger partial charge on any atom is -0.327 e. The maximum absolute atomic E-state index is 5.96. The molecule has 0 amide bonds. The van der Waals surface area contributed by atoms with Gasteiger partial charge >= 0.3 is 0 Å². The van der Waals surface area contributed by atoms with Gasteiger partial charge in [0.05, 0.1) is 0 Å². The standard InChI is InChI=1S/C15H23N/c1-9-6-11(15(3,4)5)7-10(2)14(9)12-8-13(12)16/h6-7,12-13H,8,16H2,1-5H3. The van der Waals surface area contributed by atoms with Crippen molar-refractivity contribution in [2.75, 3.05) is 0 Å². The topological polar surface area (TPSA) is 26.0 Å². The summed E-state index contributed by atoms with van der Waals surface area (Å²) in [5.74, 6) is 0.619. The molecule has 1 aromatic rings. The second-order valence-electron chi connectivity index (χ2n) is 6.28.